The number of nitrogens with zero attached hydrogens (tertiary/aromatic N) is 1. The largest absolute Gasteiger partial charge is 0.494 e. The van der Waals surface area contributed by atoms with Crippen molar-refractivity contribution in [3.63, 3.8) is 0 Å². The molecule has 0 amide bonds. The molecule has 6 nitrogen and oxygen atoms in total. The molecule has 0 unspecified atom stereocenters. The summed E-state index contributed by atoms with van der Waals surface area (Å²) >= 11 is 0. The van der Waals surface area contributed by atoms with Crippen LogP contribution in [0.1, 0.15) is 74.9 Å². The van der Waals surface area contributed by atoms with E-state index in [0.29, 0.717) is 6.42 Å². The van der Waals surface area contributed by atoms with Gasteiger partial charge in [0.2, 0.25) is 0 Å². The molecule has 31 heavy (non-hydrogen) atoms. The number of hydrogen-bond acceptors (Lipinski definition) is 3. The quantitative estimate of drug-likeness (QED) is 0.333. The zero-order valence-electron chi connectivity index (χ0n) is 18.3. The Morgan fingerprint density at radius 1 is 1.06 bits per heavy atom. The number of ether oxygens (including phenoxy) is 1. The normalized spacial score (nSPS) is 14.7. The monoisotopic (exact) mass is 423 g/mol. The summed E-state index contributed by atoms with van der Waals surface area (Å²) in [6.07, 6.45) is 16.3. The Morgan fingerprint density at radius 2 is 1.81 bits per heavy atom. The van der Waals surface area contributed by atoms with Gasteiger partial charge in [-0.05, 0) is 49.6 Å². The Labute approximate surface area is 184 Å². The lowest BCUT2D eigenvalue weighted by Crippen LogP contribution is -1.93. The highest BCUT2D eigenvalue weighted by atomic mass is 16.5. The van der Waals surface area contributed by atoms with Crippen molar-refractivity contribution in [1.29, 1.82) is 0 Å². The minimum Gasteiger partial charge on any atom is -0.494 e. The zero-order valence-corrected chi connectivity index (χ0v) is 18.3. The molecule has 0 atom stereocenters. The van der Waals surface area contributed by atoms with Crippen molar-refractivity contribution in [2.24, 2.45) is 4.99 Å². The number of hydrogen-bond donors (Lipinski definition) is 3. The van der Waals surface area contributed by atoms with Gasteiger partial charge >= 0.3 is 5.97 Å². The molecule has 2 aromatic rings. The molecule has 6 heteroatoms. The third-order valence-electron chi connectivity index (χ3n) is 5.50. The van der Waals surface area contributed by atoms with Crippen molar-refractivity contribution in [2.45, 2.75) is 64.2 Å². The van der Waals surface area contributed by atoms with Gasteiger partial charge in [0.05, 0.1) is 18.5 Å². The zero-order chi connectivity index (χ0) is 21.9. The molecular formula is C25H33N3O3. The van der Waals surface area contributed by atoms with Crippen molar-refractivity contribution in [1.82, 2.24) is 9.97 Å². The average Bonchev–Trinajstić information content (AvgIpc) is 3.50. The summed E-state index contributed by atoms with van der Waals surface area (Å²) in [6.45, 7) is 0. The summed E-state index contributed by atoms with van der Waals surface area (Å²) in [5, 5.41) is 8.63. The number of nitrogens with one attached hydrogen (secondary N) is 2. The maximum atomic E-state index is 10.5. The van der Waals surface area contributed by atoms with Gasteiger partial charge in [0.1, 0.15) is 11.5 Å². The van der Waals surface area contributed by atoms with Crippen LogP contribution in [-0.4, -0.2) is 33.9 Å². The van der Waals surface area contributed by atoms with Gasteiger partial charge in [0.25, 0.3) is 0 Å². The smallest absolute Gasteiger partial charge is 0.303 e. The number of H-pyrrole nitrogens is 2. The molecule has 166 valence electrons. The van der Waals surface area contributed by atoms with Gasteiger partial charge in [0, 0.05) is 30.1 Å². The van der Waals surface area contributed by atoms with E-state index in [1.807, 2.05) is 30.5 Å². The van der Waals surface area contributed by atoms with Crippen LogP contribution in [0.2, 0.25) is 0 Å². The van der Waals surface area contributed by atoms with E-state index in [9.17, 15) is 4.79 Å². The van der Waals surface area contributed by atoms with E-state index in [1.54, 1.807) is 7.11 Å². The lowest BCUT2D eigenvalue weighted by atomic mass is 10.1. The number of aromatic nitrogens is 2. The summed E-state index contributed by atoms with van der Waals surface area (Å²) < 4.78 is 5.50. The van der Waals surface area contributed by atoms with E-state index in [0.717, 1.165) is 54.2 Å². The van der Waals surface area contributed by atoms with Crippen LogP contribution in [0.15, 0.2) is 53.0 Å². The van der Waals surface area contributed by atoms with E-state index < -0.39 is 5.97 Å². The molecule has 0 aromatic carbocycles. The summed E-state index contributed by atoms with van der Waals surface area (Å²) in [5.41, 5.74) is 4.96. The predicted octanol–water partition coefficient (Wildman–Crippen LogP) is 5.85. The molecule has 0 bridgehead atoms. The molecule has 0 radical (unpaired) electrons. The molecule has 0 saturated heterocycles. The lowest BCUT2D eigenvalue weighted by Gasteiger charge is -2.02. The standard InChI is InChI=1S/C25H33N3O3/c1-31-24-18-22(21-12-10-16-26-21)28-23(24)17-20-15-14-19(27-20)11-8-6-4-2-3-5-7-9-13-25(29)30/h10,12,14-18,26-27H,2-9,11,13H2,1H3,(H,29,30). The first kappa shape index (κ1) is 22.7. The molecule has 0 saturated carbocycles. The van der Waals surface area contributed by atoms with Gasteiger partial charge in [-0.15, -0.1) is 0 Å². The first-order valence-corrected chi connectivity index (χ1v) is 11.3. The second-order valence-corrected chi connectivity index (χ2v) is 7.98. The van der Waals surface area contributed by atoms with Crippen LogP contribution in [0, 0.1) is 0 Å². The van der Waals surface area contributed by atoms with Gasteiger partial charge < -0.3 is 19.8 Å². The summed E-state index contributed by atoms with van der Waals surface area (Å²) in [6, 6.07) is 8.20. The Balaban J connectivity index is 1.38. The fourth-order valence-corrected chi connectivity index (χ4v) is 3.80. The molecule has 2 aromatic heterocycles. The number of allylic oxidation sites excluding steroid dienone is 1. The molecule has 0 fully saturated rings. The number of aliphatic imine (C=N–C) groups is 1. The highest BCUT2D eigenvalue weighted by molar-refractivity contribution is 6.11. The van der Waals surface area contributed by atoms with Gasteiger partial charge in [-0.3, -0.25) is 4.79 Å². The SMILES string of the molecule is COC1=CC(c2ccc[nH]2)=NC1=Cc1ccc(CCCCCCCCCCC(=O)O)[nH]1. The average molecular weight is 424 g/mol. The second kappa shape index (κ2) is 12.0. The molecule has 0 aliphatic carbocycles. The highest BCUT2D eigenvalue weighted by Gasteiger charge is 2.17. The van der Waals surface area contributed by atoms with Crippen molar-refractivity contribution in [3.05, 3.63) is 65.1 Å². The van der Waals surface area contributed by atoms with E-state index in [1.165, 1.54) is 37.8 Å². The topological polar surface area (TPSA) is 90.5 Å². The van der Waals surface area contributed by atoms with Crippen LogP contribution in [0.4, 0.5) is 0 Å². The number of carbonyl (C=O) groups is 1. The first-order chi connectivity index (χ1) is 15.2. The van der Waals surface area contributed by atoms with Crippen LogP contribution in [0.5, 0.6) is 0 Å². The number of carboxylic acid groups (broad SMARTS) is 1. The van der Waals surface area contributed by atoms with Crippen molar-refractivity contribution >= 4 is 17.8 Å². The van der Waals surface area contributed by atoms with Crippen LogP contribution in [0.25, 0.3) is 6.08 Å². The fraction of sp³-hybridized carbons (Fsp3) is 0.440. The third-order valence-corrected chi connectivity index (χ3v) is 5.50. The van der Waals surface area contributed by atoms with E-state index in [4.69, 9.17) is 14.8 Å². The molecule has 0 spiro atoms. The third kappa shape index (κ3) is 7.31. The van der Waals surface area contributed by atoms with Crippen molar-refractivity contribution in [2.75, 3.05) is 7.11 Å². The summed E-state index contributed by atoms with van der Waals surface area (Å²) in [7, 11) is 1.67. The molecule has 1 aliphatic heterocycles. The first-order valence-electron chi connectivity index (χ1n) is 11.3. The predicted molar refractivity (Wildman–Crippen MR) is 124 cm³/mol. The molecule has 1 aliphatic rings. The number of unbranched alkanes of at least 4 members (excludes halogenated alkanes) is 7. The maximum absolute atomic E-state index is 10.5. The number of carboxylic acids is 1. The lowest BCUT2D eigenvalue weighted by molar-refractivity contribution is -0.137. The number of aromatic amines is 2. The Kier molecular flexibility index (Phi) is 8.76. The van der Waals surface area contributed by atoms with Crippen LogP contribution >= 0.6 is 0 Å². The van der Waals surface area contributed by atoms with Crippen LogP contribution in [0.3, 0.4) is 0 Å². The number of methoxy groups -OCH3 is 1. The number of rotatable bonds is 14. The summed E-state index contributed by atoms with van der Waals surface area (Å²) in [5.74, 6) is 0.0836. The van der Waals surface area contributed by atoms with Gasteiger partial charge in [-0.25, -0.2) is 4.99 Å². The Hall–Kier alpha value is -3.02. The molecule has 3 heterocycles. The van der Waals surface area contributed by atoms with Crippen LogP contribution in [-0.2, 0) is 16.0 Å². The summed E-state index contributed by atoms with van der Waals surface area (Å²) in [4.78, 5) is 21.8. The molecule has 3 N–H and O–H groups in total. The van der Waals surface area contributed by atoms with E-state index in [-0.39, 0.29) is 0 Å². The van der Waals surface area contributed by atoms with Gasteiger partial charge in [-0.1, -0.05) is 38.5 Å². The number of aliphatic carboxylic acids is 1. The Bertz CT molecular complexity index is 920. The Morgan fingerprint density at radius 3 is 2.48 bits per heavy atom. The van der Waals surface area contributed by atoms with Crippen LogP contribution < -0.4 is 0 Å². The minimum absolute atomic E-state index is 0.304. The second-order valence-electron chi connectivity index (χ2n) is 7.98. The molecular weight excluding hydrogens is 390 g/mol. The molecule has 3 rings (SSSR count). The minimum atomic E-state index is -0.684. The van der Waals surface area contributed by atoms with E-state index >= 15 is 0 Å². The fourth-order valence-electron chi connectivity index (χ4n) is 3.80. The van der Waals surface area contributed by atoms with Crippen molar-refractivity contribution < 1.29 is 14.6 Å². The maximum Gasteiger partial charge on any atom is 0.303 e. The van der Waals surface area contributed by atoms with Gasteiger partial charge in [0.15, 0.2) is 0 Å². The van der Waals surface area contributed by atoms with Crippen molar-refractivity contribution in [3.8, 4) is 0 Å². The van der Waals surface area contributed by atoms with E-state index in [2.05, 4.69) is 22.1 Å². The highest BCUT2D eigenvalue weighted by Crippen LogP contribution is 2.24. The van der Waals surface area contributed by atoms with Gasteiger partial charge in [-0.2, -0.15) is 0 Å². The number of aryl methyl sites for hydroxylation is 1.